The number of hydrogen-bond acceptors (Lipinski definition) is 5. The van der Waals surface area contributed by atoms with Crippen molar-refractivity contribution in [1.29, 1.82) is 0 Å². The van der Waals surface area contributed by atoms with Gasteiger partial charge in [-0.25, -0.2) is 9.59 Å². The third-order valence-electron chi connectivity index (χ3n) is 2.57. The summed E-state index contributed by atoms with van der Waals surface area (Å²) in [6.45, 7) is 1.72. The van der Waals surface area contributed by atoms with E-state index in [4.69, 9.17) is 19.0 Å². The van der Waals surface area contributed by atoms with Gasteiger partial charge in [0.05, 0.1) is 0 Å². The molecule has 0 aliphatic heterocycles. The fourth-order valence-electron chi connectivity index (χ4n) is 1.56. The molecule has 0 saturated heterocycles. The average Bonchev–Trinajstić information content (AvgIpc) is 2.37. The van der Waals surface area contributed by atoms with Crippen molar-refractivity contribution in [3.63, 3.8) is 0 Å². The summed E-state index contributed by atoms with van der Waals surface area (Å²) in [5.74, 6) is -0.834. The number of aromatic carboxylic acids is 1. The quantitative estimate of drug-likeness (QED) is 0.670. The highest BCUT2D eigenvalue weighted by Crippen LogP contribution is 2.21. The summed E-state index contributed by atoms with van der Waals surface area (Å²) in [7, 11) is 1.51. The van der Waals surface area contributed by atoms with Gasteiger partial charge in [0.15, 0.2) is 6.29 Å². The predicted molar refractivity (Wildman–Crippen MR) is 66.5 cm³/mol. The zero-order valence-corrected chi connectivity index (χ0v) is 10.4. The van der Waals surface area contributed by atoms with Crippen molar-refractivity contribution < 1.29 is 23.8 Å². The molecule has 1 aromatic heterocycles. The Kier molecular flexibility index (Phi) is 3.52. The van der Waals surface area contributed by atoms with Gasteiger partial charge < -0.3 is 19.0 Å². The van der Waals surface area contributed by atoms with E-state index in [0.29, 0.717) is 16.7 Å². The molecule has 1 unspecified atom stereocenters. The Labute approximate surface area is 108 Å². The number of carboxylic acids is 1. The van der Waals surface area contributed by atoms with Crippen molar-refractivity contribution in [2.45, 2.75) is 13.2 Å². The van der Waals surface area contributed by atoms with E-state index >= 15 is 0 Å². The molecule has 2 aromatic rings. The van der Waals surface area contributed by atoms with E-state index < -0.39 is 23.4 Å². The van der Waals surface area contributed by atoms with Gasteiger partial charge in [0.2, 0.25) is 0 Å². The van der Waals surface area contributed by atoms with Crippen molar-refractivity contribution in [2.24, 2.45) is 0 Å². The van der Waals surface area contributed by atoms with Gasteiger partial charge in [-0.1, -0.05) is 0 Å². The van der Waals surface area contributed by atoms with E-state index in [-0.39, 0.29) is 0 Å². The van der Waals surface area contributed by atoms with Gasteiger partial charge in [-0.15, -0.1) is 0 Å². The molecule has 1 heterocycles. The fraction of sp³-hybridized carbons (Fsp3) is 0.231. The molecule has 0 fully saturated rings. The van der Waals surface area contributed by atoms with Crippen molar-refractivity contribution in [3.8, 4) is 5.75 Å². The highest BCUT2D eigenvalue weighted by Gasteiger charge is 2.12. The van der Waals surface area contributed by atoms with Crippen LogP contribution in [0.4, 0.5) is 0 Å². The summed E-state index contributed by atoms with van der Waals surface area (Å²) in [6, 6.07) is 6.00. The molecular weight excluding hydrogens is 252 g/mol. The van der Waals surface area contributed by atoms with Crippen molar-refractivity contribution in [1.82, 2.24) is 0 Å². The second kappa shape index (κ2) is 5.11. The molecule has 19 heavy (non-hydrogen) atoms. The van der Waals surface area contributed by atoms with E-state index in [0.717, 1.165) is 0 Å². The van der Waals surface area contributed by atoms with E-state index in [1.807, 2.05) is 0 Å². The standard InChI is InChI=1S/C13H12O6/c1-7(17-2)18-9-3-4-11-8(5-9)6-10(12(14)15)13(16)19-11/h3-7H,1-2H3,(H,14,15). The number of carboxylic acid groups (broad SMARTS) is 1. The van der Waals surface area contributed by atoms with Crippen LogP contribution in [-0.4, -0.2) is 24.5 Å². The normalized spacial score (nSPS) is 12.3. The van der Waals surface area contributed by atoms with Crippen molar-refractivity contribution >= 4 is 16.9 Å². The number of rotatable bonds is 4. The minimum atomic E-state index is -1.33. The largest absolute Gasteiger partial charge is 0.477 e. The van der Waals surface area contributed by atoms with Gasteiger partial charge in [-0.05, 0) is 31.2 Å². The topological polar surface area (TPSA) is 86.0 Å². The van der Waals surface area contributed by atoms with E-state index in [9.17, 15) is 9.59 Å². The maximum atomic E-state index is 11.4. The summed E-state index contributed by atoms with van der Waals surface area (Å²) in [6.07, 6.45) is -0.438. The third-order valence-corrected chi connectivity index (χ3v) is 2.57. The van der Waals surface area contributed by atoms with Crippen molar-refractivity contribution in [3.05, 3.63) is 40.2 Å². The molecule has 0 saturated carbocycles. The molecule has 0 aliphatic rings. The first kappa shape index (κ1) is 13.1. The SMILES string of the molecule is COC(C)Oc1ccc2oc(=O)c(C(=O)O)cc2c1. The first-order chi connectivity index (χ1) is 9.01. The molecule has 100 valence electrons. The molecule has 1 aromatic carbocycles. The van der Waals surface area contributed by atoms with Gasteiger partial charge >= 0.3 is 11.6 Å². The molecule has 6 heteroatoms. The number of fused-ring (bicyclic) bond motifs is 1. The molecule has 6 nitrogen and oxygen atoms in total. The first-order valence-electron chi connectivity index (χ1n) is 5.52. The number of benzene rings is 1. The number of methoxy groups -OCH3 is 1. The van der Waals surface area contributed by atoms with Gasteiger partial charge in [0.1, 0.15) is 16.9 Å². The lowest BCUT2D eigenvalue weighted by molar-refractivity contribution is -0.0382. The van der Waals surface area contributed by atoms with Crippen LogP contribution >= 0.6 is 0 Å². The van der Waals surface area contributed by atoms with Crippen LogP contribution in [0.15, 0.2) is 33.5 Å². The molecule has 1 N–H and O–H groups in total. The minimum absolute atomic E-state index is 0.299. The van der Waals surface area contributed by atoms with E-state index in [1.54, 1.807) is 25.1 Å². The lowest BCUT2D eigenvalue weighted by atomic mass is 10.2. The molecule has 0 spiro atoms. The molecule has 2 rings (SSSR count). The summed E-state index contributed by atoms with van der Waals surface area (Å²) >= 11 is 0. The van der Waals surface area contributed by atoms with Gasteiger partial charge in [-0.3, -0.25) is 0 Å². The maximum Gasteiger partial charge on any atom is 0.351 e. The monoisotopic (exact) mass is 264 g/mol. The van der Waals surface area contributed by atoms with E-state index in [2.05, 4.69) is 0 Å². The Morgan fingerprint density at radius 1 is 1.37 bits per heavy atom. The predicted octanol–water partition coefficient (Wildman–Crippen LogP) is 1.86. The lowest BCUT2D eigenvalue weighted by Gasteiger charge is -2.12. The van der Waals surface area contributed by atoms with E-state index in [1.165, 1.54) is 13.2 Å². The highest BCUT2D eigenvalue weighted by atomic mass is 16.7. The fourth-order valence-corrected chi connectivity index (χ4v) is 1.56. The second-order valence-electron chi connectivity index (χ2n) is 3.87. The van der Waals surface area contributed by atoms with Crippen LogP contribution in [0.3, 0.4) is 0 Å². The van der Waals surface area contributed by atoms with Gasteiger partial charge in [0.25, 0.3) is 0 Å². The second-order valence-corrected chi connectivity index (χ2v) is 3.87. The van der Waals surface area contributed by atoms with Crippen LogP contribution in [0.1, 0.15) is 17.3 Å². The molecule has 1 atom stereocenters. The van der Waals surface area contributed by atoms with Crippen LogP contribution in [0.25, 0.3) is 11.0 Å². The van der Waals surface area contributed by atoms with Gasteiger partial charge in [0, 0.05) is 12.5 Å². The molecule has 0 amide bonds. The molecule has 0 radical (unpaired) electrons. The summed E-state index contributed by atoms with van der Waals surface area (Å²) in [5, 5.41) is 9.34. The maximum absolute atomic E-state index is 11.4. The Balaban J connectivity index is 2.49. The Morgan fingerprint density at radius 3 is 2.74 bits per heavy atom. The number of ether oxygens (including phenoxy) is 2. The smallest absolute Gasteiger partial charge is 0.351 e. The van der Waals surface area contributed by atoms with Crippen LogP contribution in [0.2, 0.25) is 0 Å². The summed E-state index contributed by atoms with van der Waals surface area (Å²) in [4.78, 5) is 22.2. The lowest BCUT2D eigenvalue weighted by Crippen LogP contribution is -2.14. The number of hydrogen-bond donors (Lipinski definition) is 1. The Bertz CT molecular complexity index is 672. The van der Waals surface area contributed by atoms with Crippen LogP contribution in [0, 0.1) is 0 Å². The Morgan fingerprint density at radius 2 is 2.11 bits per heavy atom. The average molecular weight is 264 g/mol. The van der Waals surface area contributed by atoms with Crippen LogP contribution in [0.5, 0.6) is 5.75 Å². The van der Waals surface area contributed by atoms with Crippen molar-refractivity contribution in [2.75, 3.05) is 7.11 Å². The van der Waals surface area contributed by atoms with Gasteiger partial charge in [-0.2, -0.15) is 0 Å². The third kappa shape index (κ3) is 2.74. The minimum Gasteiger partial charge on any atom is -0.477 e. The summed E-state index contributed by atoms with van der Waals surface area (Å²) < 4.78 is 15.3. The zero-order valence-electron chi connectivity index (χ0n) is 10.4. The van der Waals surface area contributed by atoms with Crippen LogP contribution in [-0.2, 0) is 4.74 Å². The molecular formula is C13H12O6. The van der Waals surface area contributed by atoms with Crippen LogP contribution < -0.4 is 10.4 Å². The first-order valence-corrected chi connectivity index (χ1v) is 5.52. The number of carbonyl (C=O) groups is 1. The Hall–Kier alpha value is -2.34. The summed E-state index contributed by atoms with van der Waals surface area (Å²) in [5.41, 5.74) is -0.990. The zero-order chi connectivity index (χ0) is 14.0. The molecule has 0 bridgehead atoms. The molecule has 0 aliphatic carbocycles. The highest BCUT2D eigenvalue weighted by molar-refractivity contribution is 5.91.